The van der Waals surface area contributed by atoms with E-state index in [0.717, 1.165) is 5.69 Å². The Bertz CT molecular complexity index is 732. The van der Waals surface area contributed by atoms with Crippen molar-refractivity contribution in [3.05, 3.63) is 54.1 Å². The van der Waals surface area contributed by atoms with E-state index in [4.69, 9.17) is 4.74 Å². The fourth-order valence-corrected chi connectivity index (χ4v) is 3.46. The van der Waals surface area contributed by atoms with Crippen molar-refractivity contribution in [2.24, 2.45) is 0 Å². The van der Waals surface area contributed by atoms with Gasteiger partial charge in [0, 0.05) is 12.4 Å². The lowest BCUT2D eigenvalue weighted by Crippen LogP contribution is -2.36. The van der Waals surface area contributed by atoms with E-state index in [0.29, 0.717) is 18.2 Å². The van der Waals surface area contributed by atoms with E-state index < -0.39 is 11.7 Å². The van der Waals surface area contributed by atoms with E-state index >= 15 is 0 Å². The van der Waals surface area contributed by atoms with E-state index in [1.54, 1.807) is 17.3 Å². The summed E-state index contributed by atoms with van der Waals surface area (Å²) in [4.78, 5) is 23.1. The lowest BCUT2D eigenvalue weighted by molar-refractivity contribution is 0.0577. The Morgan fingerprint density at radius 3 is 2.52 bits per heavy atom. The number of pyridine rings is 2. The van der Waals surface area contributed by atoms with Crippen molar-refractivity contribution in [1.82, 2.24) is 9.97 Å². The summed E-state index contributed by atoms with van der Waals surface area (Å²) < 4.78 is 5.58. The van der Waals surface area contributed by atoms with Crippen LogP contribution in [0.15, 0.2) is 42.9 Å². The fourth-order valence-electron chi connectivity index (χ4n) is 3.46. The van der Waals surface area contributed by atoms with Gasteiger partial charge in [0.2, 0.25) is 0 Å². The highest BCUT2D eigenvalue weighted by Gasteiger charge is 2.24. The van der Waals surface area contributed by atoms with E-state index in [2.05, 4.69) is 16.0 Å². The van der Waals surface area contributed by atoms with Gasteiger partial charge in [0.1, 0.15) is 5.60 Å². The average Bonchev–Trinajstić information content (AvgIpc) is 2.66. The Hall–Kier alpha value is -2.43. The fraction of sp³-hybridized carbons (Fsp3) is 0.500. The number of aromatic nitrogens is 2. The van der Waals surface area contributed by atoms with Crippen LogP contribution in [0.5, 0.6) is 0 Å². The van der Waals surface area contributed by atoms with Crippen molar-refractivity contribution in [1.29, 1.82) is 0 Å². The van der Waals surface area contributed by atoms with Gasteiger partial charge in [-0.05, 0) is 63.3 Å². The third-order valence-corrected chi connectivity index (χ3v) is 4.82. The van der Waals surface area contributed by atoms with Crippen LogP contribution in [0.1, 0.15) is 70.1 Å². The molecule has 144 valence electrons. The number of carbonyl (C=O) groups is 1. The zero-order valence-electron chi connectivity index (χ0n) is 16.5. The van der Waals surface area contributed by atoms with Crippen molar-refractivity contribution < 1.29 is 9.53 Å². The van der Waals surface area contributed by atoms with Gasteiger partial charge in [0.05, 0.1) is 24.1 Å². The number of carbonyl (C=O) groups excluding carboxylic acids is 1. The molecule has 0 atom stereocenters. The van der Waals surface area contributed by atoms with Crippen LogP contribution in [0, 0.1) is 0 Å². The molecule has 0 aliphatic heterocycles. The molecular weight excluding hydrogens is 338 g/mol. The summed E-state index contributed by atoms with van der Waals surface area (Å²) in [6.07, 6.45) is 11.4. The van der Waals surface area contributed by atoms with Gasteiger partial charge < -0.3 is 4.74 Å². The topological polar surface area (TPSA) is 55.3 Å². The molecule has 27 heavy (non-hydrogen) atoms. The molecule has 1 saturated carbocycles. The molecule has 0 N–H and O–H groups in total. The first kappa shape index (κ1) is 19.3. The molecule has 0 saturated heterocycles. The predicted octanol–water partition coefficient (Wildman–Crippen LogP) is 5.47. The lowest BCUT2D eigenvalue weighted by atomic mass is 9.85. The van der Waals surface area contributed by atoms with E-state index in [1.165, 1.54) is 37.7 Å². The molecule has 5 heteroatoms. The second-order valence-corrected chi connectivity index (χ2v) is 8.20. The SMILES string of the molecule is CC(C)(C)OC(=O)N(Cc1ccc(C2CCCCC2)cn1)c1cccnc1. The summed E-state index contributed by atoms with van der Waals surface area (Å²) in [7, 11) is 0. The molecule has 5 nitrogen and oxygen atoms in total. The van der Waals surface area contributed by atoms with Crippen LogP contribution >= 0.6 is 0 Å². The minimum atomic E-state index is -0.560. The lowest BCUT2D eigenvalue weighted by Gasteiger charge is -2.27. The molecule has 0 bridgehead atoms. The molecule has 3 rings (SSSR count). The Morgan fingerprint density at radius 2 is 1.93 bits per heavy atom. The maximum absolute atomic E-state index is 12.7. The number of hydrogen-bond donors (Lipinski definition) is 0. The largest absolute Gasteiger partial charge is 0.443 e. The van der Waals surface area contributed by atoms with Gasteiger partial charge in [0.25, 0.3) is 0 Å². The predicted molar refractivity (Wildman–Crippen MR) is 107 cm³/mol. The number of anilines is 1. The van der Waals surface area contributed by atoms with Crippen molar-refractivity contribution in [3.8, 4) is 0 Å². The normalized spacial score (nSPS) is 15.4. The maximum atomic E-state index is 12.7. The molecule has 1 aliphatic rings. The summed E-state index contributed by atoms with van der Waals surface area (Å²) >= 11 is 0. The van der Waals surface area contributed by atoms with Gasteiger partial charge in [-0.15, -0.1) is 0 Å². The van der Waals surface area contributed by atoms with Gasteiger partial charge in [0.15, 0.2) is 0 Å². The number of ether oxygens (including phenoxy) is 1. The van der Waals surface area contributed by atoms with Crippen LogP contribution in [0.3, 0.4) is 0 Å². The van der Waals surface area contributed by atoms with Gasteiger partial charge >= 0.3 is 6.09 Å². The second-order valence-electron chi connectivity index (χ2n) is 8.20. The molecular formula is C22H29N3O2. The van der Waals surface area contributed by atoms with Crippen LogP contribution < -0.4 is 4.90 Å². The first-order valence-electron chi connectivity index (χ1n) is 9.78. The molecule has 1 aliphatic carbocycles. The van der Waals surface area contributed by atoms with Gasteiger partial charge in [-0.2, -0.15) is 0 Å². The first-order valence-corrected chi connectivity index (χ1v) is 9.78. The third kappa shape index (κ3) is 5.52. The molecule has 1 amide bonds. The standard InChI is InChI=1S/C22H29N3O2/c1-22(2,3)27-21(26)25(20-10-7-13-23-15-20)16-19-12-11-18(14-24-19)17-8-5-4-6-9-17/h7,10-15,17H,4-6,8-9,16H2,1-3H3. The summed E-state index contributed by atoms with van der Waals surface area (Å²) in [6, 6.07) is 7.85. The molecule has 2 aromatic heterocycles. The molecule has 2 heterocycles. The summed E-state index contributed by atoms with van der Waals surface area (Å²) in [6.45, 7) is 5.95. The number of amides is 1. The molecule has 0 radical (unpaired) electrons. The van der Waals surface area contributed by atoms with Crippen molar-refractivity contribution in [3.63, 3.8) is 0 Å². The first-order chi connectivity index (χ1) is 12.9. The highest BCUT2D eigenvalue weighted by Crippen LogP contribution is 2.32. The minimum Gasteiger partial charge on any atom is -0.443 e. The van der Waals surface area contributed by atoms with Crippen LogP contribution in [0.4, 0.5) is 10.5 Å². The van der Waals surface area contributed by atoms with Gasteiger partial charge in [-0.25, -0.2) is 4.79 Å². The van der Waals surface area contributed by atoms with Crippen molar-refractivity contribution in [2.45, 2.75) is 70.9 Å². The van der Waals surface area contributed by atoms with Crippen molar-refractivity contribution in [2.75, 3.05) is 4.90 Å². The second kappa shape index (κ2) is 8.51. The summed E-state index contributed by atoms with van der Waals surface area (Å²) in [5.41, 5.74) is 2.29. The number of hydrogen-bond acceptors (Lipinski definition) is 4. The van der Waals surface area contributed by atoms with Crippen LogP contribution in [-0.4, -0.2) is 21.7 Å². The molecule has 0 aromatic carbocycles. The monoisotopic (exact) mass is 367 g/mol. The Balaban J connectivity index is 1.76. The summed E-state index contributed by atoms with van der Waals surface area (Å²) in [5.74, 6) is 0.626. The summed E-state index contributed by atoms with van der Waals surface area (Å²) in [5, 5.41) is 0. The average molecular weight is 367 g/mol. The maximum Gasteiger partial charge on any atom is 0.415 e. The smallest absolute Gasteiger partial charge is 0.415 e. The van der Waals surface area contributed by atoms with Crippen molar-refractivity contribution >= 4 is 11.8 Å². The van der Waals surface area contributed by atoms with Gasteiger partial charge in [-0.1, -0.05) is 25.3 Å². The molecule has 0 spiro atoms. The van der Waals surface area contributed by atoms with E-state index in [1.807, 2.05) is 45.2 Å². The number of nitrogens with zero attached hydrogens (tertiary/aromatic N) is 3. The molecule has 2 aromatic rings. The highest BCUT2D eigenvalue weighted by molar-refractivity contribution is 5.87. The third-order valence-electron chi connectivity index (χ3n) is 4.82. The number of rotatable bonds is 4. The zero-order chi connectivity index (χ0) is 19.3. The van der Waals surface area contributed by atoms with Crippen LogP contribution in [0.2, 0.25) is 0 Å². The molecule has 1 fully saturated rings. The van der Waals surface area contributed by atoms with E-state index in [-0.39, 0.29) is 0 Å². The van der Waals surface area contributed by atoms with Gasteiger partial charge in [-0.3, -0.25) is 14.9 Å². The van der Waals surface area contributed by atoms with Crippen LogP contribution in [0.25, 0.3) is 0 Å². The Labute approximate surface area is 161 Å². The molecule has 0 unspecified atom stereocenters. The Morgan fingerprint density at radius 1 is 1.15 bits per heavy atom. The minimum absolute atomic E-state index is 0.353. The van der Waals surface area contributed by atoms with E-state index in [9.17, 15) is 4.79 Å². The zero-order valence-corrected chi connectivity index (χ0v) is 16.5. The van der Waals surface area contributed by atoms with Crippen LogP contribution in [-0.2, 0) is 11.3 Å². The Kier molecular flexibility index (Phi) is 6.09. The highest BCUT2D eigenvalue weighted by atomic mass is 16.6. The quantitative estimate of drug-likeness (QED) is 0.719.